The molecule has 2 fully saturated rings. The molecule has 2 aliphatic rings. The summed E-state index contributed by atoms with van der Waals surface area (Å²) in [5, 5.41) is 12.8. The largest absolute Gasteiger partial charge is 0.480 e. The van der Waals surface area contributed by atoms with E-state index in [0.717, 1.165) is 25.9 Å². The summed E-state index contributed by atoms with van der Waals surface area (Å²) in [7, 11) is 0. The van der Waals surface area contributed by atoms with Crippen LogP contribution in [0.3, 0.4) is 0 Å². The van der Waals surface area contributed by atoms with Crippen LogP contribution < -0.4 is 5.32 Å². The van der Waals surface area contributed by atoms with E-state index >= 15 is 0 Å². The Labute approximate surface area is 117 Å². The average Bonchev–Trinajstić information content (AvgIpc) is 2.88. The third-order valence-electron chi connectivity index (χ3n) is 4.55. The van der Waals surface area contributed by atoms with Crippen LogP contribution in [0.5, 0.6) is 0 Å². The van der Waals surface area contributed by atoms with Crippen LogP contribution in [0.15, 0.2) is 24.3 Å². The fourth-order valence-electron chi connectivity index (χ4n) is 3.43. The van der Waals surface area contributed by atoms with Gasteiger partial charge in [-0.2, -0.15) is 0 Å². The van der Waals surface area contributed by atoms with E-state index in [1.807, 2.05) is 0 Å². The van der Waals surface area contributed by atoms with Crippen molar-refractivity contribution in [3.05, 3.63) is 30.1 Å². The van der Waals surface area contributed by atoms with Gasteiger partial charge in [-0.15, -0.1) is 0 Å². The number of halogens is 1. The quantitative estimate of drug-likeness (QED) is 0.891. The molecule has 3 rings (SSSR count). The second-order valence-electron chi connectivity index (χ2n) is 5.81. The zero-order valence-electron chi connectivity index (χ0n) is 11.3. The van der Waals surface area contributed by atoms with Crippen LogP contribution in [0, 0.1) is 5.82 Å². The molecule has 4 nitrogen and oxygen atoms in total. The third kappa shape index (κ3) is 2.38. The van der Waals surface area contributed by atoms with Gasteiger partial charge < -0.3 is 15.3 Å². The van der Waals surface area contributed by atoms with E-state index in [1.54, 1.807) is 12.1 Å². The van der Waals surface area contributed by atoms with Gasteiger partial charge in [-0.3, -0.25) is 0 Å². The minimum Gasteiger partial charge on any atom is -0.480 e. The number of aliphatic carboxylic acids is 1. The van der Waals surface area contributed by atoms with E-state index in [0.29, 0.717) is 24.6 Å². The van der Waals surface area contributed by atoms with E-state index < -0.39 is 11.5 Å². The average molecular weight is 278 g/mol. The number of hydrogen-bond donors (Lipinski definition) is 2. The van der Waals surface area contributed by atoms with Gasteiger partial charge in [-0.05, 0) is 56.5 Å². The monoisotopic (exact) mass is 278 g/mol. The van der Waals surface area contributed by atoms with Crippen LogP contribution in [0.2, 0.25) is 0 Å². The van der Waals surface area contributed by atoms with Gasteiger partial charge in [0.05, 0.1) is 0 Å². The van der Waals surface area contributed by atoms with Crippen molar-refractivity contribution >= 4 is 11.7 Å². The summed E-state index contributed by atoms with van der Waals surface area (Å²) in [6, 6.07) is 6.25. The lowest BCUT2D eigenvalue weighted by Crippen LogP contribution is -2.56. The van der Waals surface area contributed by atoms with Crippen molar-refractivity contribution in [2.75, 3.05) is 18.4 Å². The predicted octanol–water partition coefficient (Wildman–Crippen LogP) is 2.32. The van der Waals surface area contributed by atoms with Gasteiger partial charge >= 0.3 is 5.97 Å². The Morgan fingerprint density at radius 2 is 2.10 bits per heavy atom. The molecular weight excluding hydrogens is 259 g/mol. The Balaban J connectivity index is 1.81. The number of piperidine rings is 1. The van der Waals surface area contributed by atoms with Crippen LogP contribution in [0.1, 0.15) is 25.7 Å². The number of fused-ring (bicyclic) bond motifs is 1. The third-order valence-corrected chi connectivity index (χ3v) is 4.55. The van der Waals surface area contributed by atoms with Gasteiger partial charge in [0.2, 0.25) is 0 Å². The zero-order valence-corrected chi connectivity index (χ0v) is 11.3. The fourth-order valence-corrected chi connectivity index (χ4v) is 3.43. The summed E-state index contributed by atoms with van der Waals surface area (Å²) in [6.07, 6.45) is 3.41. The summed E-state index contributed by atoms with van der Waals surface area (Å²) in [6.45, 7) is 1.89. The van der Waals surface area contributed by atoms with E-state index in [-0.39, 0.29) is 5.82 Å². The number of rotatable bonds is 3. The van der Waals surface area contributed by atoms with Crippen LogP contribution >= 0.6 is 0 Å². The lowest BCUT2D eigenvalue weighted by molar-refractivity contribution is -0.144. The molecule has 0 radical (unpaired) electrons. The minimum atomic E-state index is -0.927. The Bertz CT molecular complexity index is 505. The van der Waals surface area contributed by atoms with Crippen molar-refractivity contribution < 1.29 is 14.3 Å². The van der Waals surface area contributed by atoms with Crippen LogP contribution in [-0.4, -0.2) is 40.6 Å². The molecule has 5 heteroatoms. The Morgan fingerprint density at radius 3 is 2.80 bits per heavy atom. The van der Waals surface area contributed by atoms with Crippen molar-refractivity contribution in [3.63, 3.8) is 0 Å². The molecule has 2 heterocycles. The lowest BCUT2D eigenvalue weighted by atomic mass is 9.83. The molecule has 0 amide bonds. The number of nitrogens with one attached hydrogen (secondary N) is 1. The lowest BCUT2D eigenvalue weighted by Gasteiger charge is -2.42. The molecule has 0 bridgehead atoms. The van der Waals surface area contributed by atoms with Crippen molar-refractivity contribution in [2.45, 2.75) is 37.3 Å². The highest BCUT2D eigenvalue weighted by molar-refractivity contribution is 5.83. The smallest absolute Gasteiger partial charge is 0.329 e. The number of anilines is 1. The summed E-state index contributed by atoms with van der Waals surface area (Å²) in [5.74, 6) is -1.13. The fraction of sp³-hybridized carbons (Fsp3) is 0.533. The Kier molecular flexibility index (Phi) is 3.38. The minimum absolute atomic E-state index is 0.314. The SMILES string of the molecule is O=C(O)C1(Nc2ccc(F)cc2)CCN2CCCC2C1. The highest BCUT2D eigenvalue weighted by Crippen LogP contribution is 2.35. The first-order valence-corrected chi connectivity index (χ1v) is 7.10. The number of nitrogens with zero attached hydrogens (tertiary/aromatic N) is 1. The molecule has 1 aromatic carbocycles. The number of carboxylic acids is 1. The molecule has 108 valence electrons. The first kappa shape index (κ1) is 13.4. The van der Waals surface area contributed by atoms with Crippen molar-refractivity contribution in [1.29, 1.82) is 0 Å². The number of carboxylic acid groups (broad SMARTS) is 1. The van der Waals surface area contributed by atoms with E-state index in [2.05, 4.69) is 10.2 Å². The Morgan fingerprint density at radius 1 is 1.35 bits per heavy atom. The molecule has 2 unspecified atom stereocenters. The summed E-state index contributed by atoms with van der Waals surface area (Å²) in [4.78, 5) is 14.2. The molecule has 0 saturated carbocycles. The van der Waals surface area contributed by atoms with Gasteiger partial charge in [0, 0.05) is 18.3 Å². The molecule has 2 atom stereocenters. The summed E-state index contributed by atoms with van der Waals surface area (Å²) >= 11 is 0. The molecule has 20 heavy (non-hydrogen) atoms. The Hall–Kier alpha value is -1.62. The maximum atomic E-state index is 12.9. The first-order chi connectivity index (χ1) is 9.59. The molecule has 2 aliphatic heterocycles. The van der Waals surface area contributed by atoms with Crippen molar-refractivity contribution in [2.24, 2.45) is 0 Å². The summed E-state index contributed by atoms with van der Waals surface area (Å²) < 4.78 is 12.9. The van der Waals surface area contributed by atoms with Gasteiger partial charge in [-0.25, -0.2) is 9.18 Å². The number of carbonyl (C=O) groups is 1. The van der Waals surface area contributed by atoms with Crippen LogP contribution in [0.25, 0.3) is 0 Å². The molecule has 0 aliphatic carbocycles. The predicted molar refractivity (Wildman–Crippen MR) is 74.2 cm³/mol. The van der Waals surface area contributed by atoms with E-state index in [4.69, 9.17) is 0 Å². The highest BCUT2D eigenvalue weighted by atomic mass is 19.1. The van der Waals surface area contributed by atoms with Gasteiger partial charge in [0.15, 0.2) is 0 Å². The maximum absolute atomic E-state index is 12.9. The van der Waals surface area contributed by atoms with Crippen molar-refractivity contribution in [1.82, 2.24) is 4.90 Å². The number of benzene rings is 1. The van der Waals surface area contributed by atoms with E-state index in [9.17, 15) is 14.3 Å². The van der Waals surface area contributed by atoms with Gasteiger partial charge in [0.25, 0.3) is 0 Å². The molecule has 2 N–H and O–H groups in total. The molecule has 0 spiro atoms. The molecule has 1 aromatic rings. The normalized spacial score (nSPS) is 29.9. The second kappa shape index (κ2) is 5.05. The summed E-state index contributed by atoms with van der Waals surface area (Å²) in [5.41, 5.74) is -0.260. The standard InChI is InChI=1S/C15H19FN2O2/c16-11-3-5-12(6-4-11)17-15(14(19)20)7-9-18-8-1-2-13(18)10-15/h3-6,13,17H,1-2,7-10H2,(H,19,20). The van der Waals surface area contributed by atoms with E-state index in [1.165, 1.54) is 12.1 Å². The number of hydrogen-bond acceptors (Lipinski definition) is 3. The molecule has 0 aromatic heterocycles. The topological polar surface area (TPSA) is 52.6 Å². The van der Waals surface area contributed by atoms with Crippen molar-refractivity contribution in [3.8, 4) is 0 Å². The first-order valence-electron chi connectivity index (χ1n) is 7.10. The second-order valence-corrected chi connectivity index (χ2v) is 5.81. The van der Waals surface area contributed by atoms with Crippen LogP contribution in [0.4, 0.5) is 10.1 Å². The zero-order chi connectivity index (χ0) is 14.2. The van der Waals surface area contributed by atoms with Gasteiger partial charge in [-0.1, -0.05) is 0 Å². The highest BCUT2D eigenvalue weighted by Gasteiger charge is 2.46. The van der Waals surface area contributed by atoms with Gasteiger partial charge in [0.1, 0.15) is 11.4 Å². The van der Waals surface area contributed by atoms with Crippen LogP contribution in [-0.2, 0) is 4.79 Å². The molecular formula is C15H19FN2O2. The maximum Gasteiger partial charge on any atom is 0.329 e. The molecule has 2 saturated heterocycles.